The van der Waals surface area contributed by atoms with Crippen LogP contribution >= 0.6 is 0 Å². The van der Waals surface area contributed by atoms with E-state index in [1.807, 2.05) is 14.1 Å². The quantitative estimate of drug-likeness (QED) is 0.919. The van der Waals surface area contributed by atoms with Crippen molar-refractivity contribution < 1.29 is 8.78 Å². The number of nitrogens with two attached hydrogens (primary N) is 1. The molecule has 1 aliphatic rings. The van der Waals surface area contributed by atoms with Gasteiger partial charge in [0.1, 0.15) is 0 Å². The second kappa shape index (κ2) is 6.01. The zero-order valence-electron chi connectivity index (χ0n) is 13.4. The zero-order chi connectivity index (χ0) is 15.8. The molecule has 0 bridgehead atoms. The molecule has 3 unspecified atom stereocenters. The van der Waals surface area contributed by atoms with Gasteiger partial charge in [-0.15, -0.1) is 0 Å². The van der Waals surface area contributed by atoms with Gasteiger partial charge in [-0.2, -0.15) is 0 Å². The fraction of sp³-hybridized carbons (Fsp3) is 0.647. The monoisotopic (exact) mass is 296 g/mol. The summed E-state index contributed by atoms with van der Waals surface area (Å²) >= 11 is 0. The van der Waals surface area contributed by atoms with Crippen LogP contribution in [-0.2, 0) is 0 Å². The minimum absolute atomic E-state index is 0.293. The molecule has 0 aliphatic heterocycles. The van der Waals surface area contributed by atoms with Crippen molar-refractivity contribution in [1.82, 2.24) is 4.90 Å². The highest BCUT2D eigenvalue weighted by molar-refractivity contribution is 5.30. The van der Waals surface area contributed by atoms with Crippen molar-refractivity contribution in [2.75, 3.05) is 14.1 Å². The molecule has 2 N–H and O–H groups in total. The van der Waals surface area contributed by atoms with Crippen molar-refractivity contribution in [2.24, 2.45) is 11.7 Å². The van der Waals surface area contributed by atoms with Gasteiger partial charge in [0, 0.05) is 11.1 Å². The summed E-state index contributed by atoms with van der Waals surface area (Å²) in [5.74, 6) is -1.02. The summed E-state index contributed by atoms with van der Waals surface area (Å²) in [6, 6.07) is 2.73. The molecule has 1 aromatic carbocycles. The van der Waals surface area contributed by atoms with Gasteiger partial charge >= 0.3 is 0 Å². The Morgan fingerprint density at radius 1 is 1.29 bits per heavy atom. The Balaban J connectivity index is 2.44. The van der Waals surface area contributed by atoms with Crippen molar-refractivity contribution in [3.63, 3.8) is 0 Å². The van der Waals surface area contributed by atoms with Crippen LogP contribution in [0.5, 0.6) is 0 Å². The zero-order valence-corrected chi connectivity index (χ0v) is 13.4. The third kappa shape index (κ3) is 2.84. The standard InChI is InChI=1S/C17H26F2N2/c1-11-6-5-9-17(10-11,21(3)4)16(20)13-8-7-12(2)14(18)15(13)19/h7-8,11,16H,5-6,9-10,20H2,1-4H3. The lowest BCUT2D eigenvalue weighted by molar-refractivity contribution is 0.0486. The first kappa shape index (κ1) is 16.4. The second-order valence-corrected chi connectivity index (χ2v) is 6.78. The van der Waals surface area contributed by atoms with Gasteiger partial charge in [-0.05, 0) is 45.3 Å². The lowest BCUT2D eigenvalue weighted by Crippen LogP contribution is -2.55. The van der Waals surface area contributed by atoms with Crippen molar-refractivity contribution in [2.45, 2.75) is 51.1 Å². The van der Waals surface area contributed by atoms with E-state index in [0.29, 0.717) is 17.0 Å². The Kier molecular flexibility index (Phi) is 4.69. The van der Waals surface area contributed by atoms with Gasteiger partial charge in [0.2, 0.25) is 0 Å². The van der Waals surface area contributed by atoms with Crippen molar-refractivity contribution in [3.05, 3.63) is 34.9 Å². The number of likely N-dealkylation sites (N-methyl/N-ethyl adjacent to an activating group) is 1. The summed E-state index contributed by atoms with van der Waals surface area (Å²) in [7, 11) is 3.97. The van der Waals surface area contributed by atoms with E-state index in [9.17, 15) is 8.78 Å². The van der Waals surface area contributed by atoms with Gasteiger partial charge in [0.25, 0.3) is 0 Å². The molecule has 0 saturated heterocycles. The molecule has 21 heavy (non-hydrogen) atoms. The SMILES string of the molecule is Cc1ccc(C(N)C2(N(C)C)CCCC(C)C2)c(F)c1F. The van der Waals surface area contributed by atoms with Crippen LogP contribution in [0.15, 0.2) is 12.1 Å². The van der Waals surface area contributed by atoms with Crippen molar-refractivity contribution in [3.8, 4) is 0 Å². The van der Waals surface area contributed by atoms with Crippen molar-refractivity contribution >= 4 is 0 Å². The van der Waals surface area contributed by atoms with E-state index >= 15 is 0 Å². The fourth-order valence-electron chi connectivity index (χ4n) is 3.72. The largest absolute Gasteiger partial charge is 0.322 e. The molecule has 1 aliphatic carbocycles. The first-order chi connectivity index (χ1) is 9.79. The van der Waals surface area contributed by atoms with Crippen molar-refractivity contribution in [1.29, 1.82) is 0 Å². The van der Waals surface area contributed by atoms with Gasteiger partial charge in [0.05, 0.1) is 6.04 Å². The van der Waals surface area contributed by atoms with Gasteiger partial charge in [-0.1, -0.05) is 31.9 Å². The lowest BCUT2D eigenvalue weighted by Gasteiger charge is -2.49. The highest BCUT2D eigenvalue weighted by atomic mass is 19.2. The Bertz CT molecular complexity index is 516. The number of rotatable bonds is 3. The highest BCUT2D eigenvalue weighted by Crippen LogP contribution is 2.43. The van der Waals surface area contributed by atoms with E-state index < -0.39 is 17.7 Å². The molecule has 1 fully saturated rings. The van der Waals surface area contributed by atoms with E-state index in [4.69, 9.17) is 5.73 Å². The summed E-state index contributed by atoms with van der Waals surface area (Å²) in [5, 5.41) is 0. The van der Waals surface area contributed by atoms with E-state index in [0.717, 1.165) is 19.3 Å². The number of halogens is 2. The van der Waals surface area contributed by atoms with Crippen LogP contribution in [0.3, 0.4) is 0 Å². The van der Waals surface area contributed by atoms with Crippen LogP contribution in [0.4, 0.5) is 8.78 Å². The lowest BCUT2D eigenvalue weighted by atomic mass is 9.70. The summed E-state index contributed by atoms with van der Waals surface area (Å²) in [5.41, 5.74) is 6.75. The van der Waals surface area contributed by atoms with E-state index in [1.54, 1.807) is 19.1 Å². The first-order valence-corrected chi connectivity index (χ1v) is 7.67. The van der Waals surface area contributed by atoms with Crippen LogP contribution in [0.2, 0.25) is 0 Å². The number of nitrogens with zero attached hydrogens (tertiary/aromatic N) is 1. The first-order valence-electron chi connectivity index (χ1n) is 7.67. The van der Waals surface area contributed by atoms with Crippen LogP contribution in [0.1, 0.15) is 49.8 Å². The van der Waals surface area contributed by atoms with Crippen LogP contribution < -0.4 is 5.73 Å². The third-order valence-corrected chi connectivity index (χ3v) is 5.12. The molecular weight excluding hydrogens is 270 g/mol. The molecule has 0 amide bonds. The number of hydrogen-bond acceptors (Lipinski definition) is 2. The second-order valence-electron chi connectivity index (χ2n) is 6.78. The third-order valence-electron chi connectivity index (χ3n) is 5.12. The molecule has 2 rings (SSSR count). The number of aryl methyl sites for hydroxylation is 1. The fourth-order valence-corrected chi connectivity index (χ4v) is 3.72. The summed E-state index contributed by atoms with van der Waals surface area (Å²) in [6.07, 6.45) is 4.08. The number of hydrogen-bond donors (Lipinski definition) is 1. The molecule has 0 spiro atoms. The predicted octanol–water partition coefficient (Wildman–Crippen LogP) is 3.78. The maximum absolute atomic E-state index is 14.3. The highest BCUT2D eigenvalue weighted by Gasteiger charge is 2.43. The summed E-state index contributed by atoms with van der Waals surface area (Å²) < 4.78 is 28.2. The normalized spacial score (nSPS) is 27.9. The summed E-state index contributed by atoms with van der Waals surface area (Å²) in [6.45, 7) is 3.77. The Labute approximate surface area is 126 Å². The summed E-state index contributed by atoms with van der Waals surface area (Å²) in [4.78, 5) is 2.10. The minimum Gasteiger partial charge on any atom is -0.322 e. The van der Waals surface area contributed by atoms with Gasteiger partial charge < -0.3 is 10.6 Å². The van der Waals surface area contributed by atoms with Gasteiger partial charge in [0.15, 0.2) is 11.6 Å². The Morgan fingerprint density at radius 2 is 1.95 bits per heavy atom. The molecule has 118 valence electrons. The smallest absolute Gasteiger partial charge is 0.163 e. The Morgan fingerprint density at radius 3 is 2.52 bits per heavy atom. The average molecular weight is 296 g/mol. The van der Waals surface area contributed by atoms with Crippen LogP contribution in [0, 0.1) is 24.5 Å². The average Bonchev–Trinajstić information content (AvgIpc) is 2.44. The van der Waals surface area contributed by atoms with E-state index in [-0.39, 0.29) is 5.54 Å². The molecule has 1 aromatic rings. The maximum atomic E-state index is 14.3. The van der Waals surface area contributed by atoms with Gasteiger partial charge in [-0.25, -0.2) is 8.78 Å². The molecule has 0 heterocycles. The Hall–Kier alpha value is -1.00. The number of benzene rings is 1. The van der Waals surface area contributed by atoms with E-state index in [1.165, 1.54) is 6.42 Å². The van der Waals surface area contributed by atoms with Crippen LogP contribution in [-0.4, -0.2) is 24.5 Å². The molecule has 4 heteroatoms. The topological polar surface area (TPSA) is 29.3 Å². The molecule has 1 saturated carbocycles. The maximum Gasteiger partial charge on any atom is 0.163 e. The molecule has 0 aromatic heterocycles. The van der Waals surface area contributed by atoms with Crippen LogP contribution in [0.25, 0.3) is 0 Å². The molecule has 0 radical (unpaired) electrons. The molecule has 3 atom stereocenters. The van der Waals surface area contributed by atoms with Gasteiger partial charge in [-0.3, -0.25) is 0 Å². The minimum atomic E-state index is -0.790. The molecule has 2 nitrogen and oxygen atoms in total. The predicted molar refractivity (Wildman–Crippen MR) is 82.1 cm³/mol. The molecular formula is C17H26F2N2. The van der Waals surface area contributed by atoms with E-state index in [2.05, 4.69) is 11.8 Å².